The van der Waals surface area contributed by atoms with Gasteiger partial charge in [0.1, 0.15) is 0 Å². The van der Waals surface area contributed by atoms with Crippen LogP contribution in [0, 0.1) is 0 Å². The van der Waals surface area contributed by atoms with E-state index in [0.717, 1.165) is 29.7 Å². The van der Waals surface area contributed by atoms with E-state index in [4.69, 9.17) is 5.73 Å². The van der Waals surface area contributed by atoms with E-state index in [1.54, 1.807) is 6.08 Å². The molecule has 2 N–H and O–H groups in total. The van der Waals surface area contributed by atoms with Crippen LogP contribution in [0.3, 0.4) is 0 Å². The van der Waals surface area contributed by atoms with E-state index in [2.05, 4.69) is 6.92 Å². The van der Waals surface area contributed by atoms with Crippen LogP contribution in [0.25, 0.3) is 6.08 Å². The summed E-state index contributed by atoms with van der Waals surface area (Å²) in [6, 6.07) is 8.70. The average Bonchev–Trinajstić information content (AvgIpc) is 2.40. The van der Waals surface area contributed by atoms with Gasteiger partial charge in [-0.25, -0.2) is 9.69 Å². The van der Waals surface area contributed by atoms with Crippen molar-refractivity contribution < 1.29 is 9.59 Å². The monoisotopic (exact) mass is 260 g/mol. The van der Waals surface area contributed by atoms with E-state index in [0.29, 0.717) is 6.42 Å². The molecule has 0 spiro atoms. The zero-order valence-corrected chi connectivity index (χ0v) is 11.2. The standard InChI is InChI=1S/C15H20N2O2/c1-2-3-5-10-14(18)17(15(16)19)12-11-13-8-6-4-7-9-13/h4,6-9,11-12H,2-3,5,10H2,1H3,(H2,16,19). The summed E-state index contributed by atoms with van der Waals surface area (Å²) in [5.74, 6) is -0.256. The Labute approximate surface area is 113 Å². The molecule has 4 nitrogen and oxygen atoms in total. The summed E-state index contributed by atoms with van der Waals surface area (Å²) in [6.45, 7) is 2.06. The van der Waals surface area contributed by atoms with Gasteiger partial charge >= 0.3 is 6.03 Å². The normalized spacial score (nSPS) is 10.6. The van der Waals surface area contributed by atoms with Crippen molar-refractivity contribution >= 4 is 18.0 Å². The summed E-state index contributed by atoms with van der Waals surface area (Å²) in [7, 11) is 0. The predicted molar refractivity (Wildman–Crippen MR) is 76.0 cm³/mol. The maximum absolute atomic E-state index is 11.9. The molecule has 4 heteroatoms. The molecular weight excluding hydrogens is 240 g/mol. The SMILES string of the molecule is CCCCCC(=O)N(C=Cc1ccccc1)C(N)=O. The molecule has 19 heavy (non-hydrogen) atoms. The quantitative estimate of drug-likeness (QED) is 0.798. The predicted octanol–water partition coefficient (Wildman–Crippen LogP) is 3.14. The molecule has 1 aromatic rings. The molecule has 0 atom stereocenters. The number of benzene rings is 1. The first-order chi connectivity index (χ1) is 9.15. The number of imide groups is 1. The van der Waals surface area contributed by atoms with Gasteiger partial charge in [-0.05, 0) is 18.1 Å². The Morgan fingerprint density at radius 2 is 1.89 bits per heavy atom. The lowest BCUT2D eigenvalue weighted by Gasteiger charge is -2.13. The summed E-state index contributed by atoms with van der Waals surface area (Å²) < 4.78 is 0. The van der Waals surface area contributed by atoms with E-state index in [9.17, 15) is 9.59 Å². The van der Waals surface area contributed by atoms with Crippen molar-refractivity contribution in [1.29, 1.82) is 0 Å². The van der Waals surface area contributed by atoms with Gasteiger partial charge in [-0.15, -0.1) is 0 Å². The van der Waals surface area contributed by atoms with Crippen LogP contribution >= 0.6 is 0 Å². The molecule has 0 aliphatic heterocycles. The average molecular weight is 260 g/mol. The molecule has 0 saturated carbocycles. The molecule has 0 saturated heterocycles. The van der Waals surface area contributed by atoms with Crippen LogP contribution in [0.15, 0.2) is 36.5 Å². The number of carbonyl (C=O) groups excluding carboxylic acids is 2. The van der Waals surface area contributed by atoms with Crippen LogP contribution < -0.4 is 5.73 Å². The molecule has 0 aromatic heterocycles. The molecule has 102 valence electrons. The summed E-state index contributed by atoms with van der Waals surface area (Å²) in [5.41, 5.74) is 6.13. The topological polar surface area (TPSA) is 63.4 Å². The first-order valence-corrected chi connectivity index (χ1v) is 6.50. The number of primary amides is 1. The largest absolute Gasteiger partial charge is 0.351 e. The number of urea groups is 1. The minimum Gasteiger partial charge on any atom is -0.351 e. The van der Waals surface area contributed by atoms with Gasteiger partial charge in [-0.2, -0.15) is 0 Å². The van der Waals surface area contributed by atoms with E-state index < -0.39 is 6.03 Å². The molecule has 0 bridgehead atoms. The van der Waals surface area contributed by atoms with E-state index in [1.165, 1.54) is 6.20 Å². The molecular formula is C15H20N2O2. The van der Waals surface area contributed by atoms with Gasteiger partial charge in [0.05, 0.1) is 0 Å². The summed E-state index contributed by atoms with van der Waals surface area (Å²) in [4.78, 5) is 24.1. The van der Waals surface area contributed by atoms with Crippen LogP contribution in [-0.2, 0) is 4.79 Å². The van der Waals surface area contributed by atoms with E-state index in [1.807, 2.05) is 30.3 Å². The lowest BCUT2D eigenvalue weighted by atomic mass is 10.2. The maximum Gasteiger partial charge on any atom is 0.325 e. The van der Waals surface area contributed by atoms with Crippen LogP contribution in [-0.4, -0.2) is 16.8 Å². The van der Waals surface area contributed by atoms with E-state index >= 15 is 0 Å². The summed E-state index contributed by atoms with van der Waals surface area (Å²) >= 11 is 0. The number of unbranched alkanes of at least 4 members (excludes halogenated alkanes) is 2. The summed E-state index contributed by atoms with van der Waals surface area (Å²) in [6.07, 6.45) is 6.26. The van der Waals surface area contributed by atoms with Gasteiger partial charge in [0.25, 0.3) is 0 Å². The highest BCUT2D eigenvalue weighted by Gasteiger charge is 2.15. The van der Waals surface area contributed by atoms with Crippen molar-refractivity contribution in [3.05, 3.63) is 42.1 Å². The highest BCUT2D eigenvalue weighted by molar-refractivity contribution is 5.95. The zero-order chi connectivity index (χ0) is 14.1. The smallest absolute Gasteiger partial charge is 0.325 e. The van der Waals surface area contributed by atoms with Gasteiger partial charge in [0.15, 0.2) is 0 Å². The molecule has 0 radical (unpaired) electrons. The first kappa shape index (κ1) is 15.0. The fourth-order valence-electron chi connectivity index (χ4n) is 1.65. The van der Waals surface area contributed by atoms with E-state index in [-0.39, 0.29) is 5.91 Å². The first-order valence-electron chi connectivity index (χ1n) is 6.50. The Bertz CT molecular complexity index is 441. The second-order valence-corrected chi connectivity index (χ2v) is 4.29. The van der Waals surface area contributed by atoms with Crippen LogP contribution in [0.1, 0.15) is 38.2 Å². The van der Waals surface area contributed by atoms with Crippen LogP contribution in [0.5, 0.6) is 0 Å². The highest BCUT2D eigenvalue weighted by atomic mass is 16.2. The minimum absolute atomic E-state index is 0.256. The second kappa shape index (κ2) is 8.08. The maximum atomic E-state index is 11.9. The fourth-order valence-corrected chi connectivity index (χ4v) is 1.65. The molecule has 1 aromatic carbocycles. The number of nitrogens with zero attached hydrogens (tertiary/aromatic N) is 1. The Morgan fingerprint density at radius 1 is 1.21 bits per heavy atom. The third kappa shape index (κ3) is 5.38. The van der Waals surface area contributed by atoms with Crippen molar-refractivity contribution in [1.82, 2.24) is 4.90 Å². The lowest BCUT2D eigenvalue weighted by molar-refractivity contribution is -0.126. The third-order valence-electron chi connectivity index (χ3n) is 2.72. The molecule has 0 aliphatic rings. The molecule has 0 heterocycles. The number of nitrogens with two attached hydrogens (primary N) is 1. The van der Waals surface area contributed by atoms with Gasteiger partial charge in [0, 0.05) is 12.6 Å². The van der Waals surface area contributed by atoms with Gasteiger partial charge in [-0.1, -0.05) is 50.1 Å². The third-order valence-corrected chi connectivity index (χ3v) is 2.72. The van der Waals surface area contributed by atoms with Crippen LogP contribution in [0.4, 0.5) is 4.79 Å². The highest BCUT2D eigenvalue weighted by Crippen LogP contribution is 2.07. The minimum atomic E-state index is -0.742. The number of amides is 3. The fraction of sp³-hybridized carbons (Fsp3) is 0.333. The van der Waals surface area contributed by atoms with Crippen molar-refractivity contribution in [2.45, 2.75) is 32.6 Å². The van der Waals surface area contributed by atoms with Crippen molar-refractivity contribution in [2.24, 2.45) is 5.73 Å². The molecule has 0 fully saturated rings. The summed E-state index contributed by atoms with van der Waals surface area (Å²) in [5, 5.41) is 0. The Balaban J connectivity index is 2.65. The molecule has 1 rings (SSSR count). The Hall–Kier alpha value is -2.10. The molecule has 0 aliphatic carbocycles. The van der Waals surface area contributed by atoms with Gasteiger partial charge in [-0.3, -0.25) is 4.79 Å². The number of hydrogen-bond acceptors (Lipinski definition) is 2. The lowest BCUT2D eigenvalue weighted by Crippen LogP contribution is -2.36. The van der Waals surface area contributed by atoms with Gasteiger partial charge in [0.2, 0.25) is 5.91 Å². The van der Waals surface area contributed by atoms with Gasteiger partial charge < -0.3 is 5.73 Å². The number of carbonyl (C=O) groups is 2. The molecule has 0 unspecified atom stereocenters. The Morgan fingerprint density at radius 3 is 2.47 bits per heavy atom. The zero-order valence-electron chi connectivity index (χ0n) is 11.2. The number of rotatable bonds is 6. The second-order valence-electron chi connectivity index (χ2n) is 4.29. The van der Waals surface area contributed by atoms with Crippen LogP contribution in [0.2, 0.25) is 0 Å². The Kier molecular flexibility index (Phi) is 6.36. The van der Waals surface area contributed by atoms with Crippen molar-refractivity contribution in [2.75, 3.05) is 0 Å². The van der Waals surface area contributed by atoms with Crippen molar-refractivity contribution in [3.63, 3.8) is 0 Å². The van der Waals surface area contributed by atoms with Crippen molar-refractivity contribution in [3.8, 4) is 0 Å². The molecule has 3 amide bonds. The number of hydrogen-bond donors (Lipinski definition) is 1.